The number of methoxy groups -OCH3 is 1. The van der Waals surface area contributed by atoms with Crippen LogP contribution in [-0.4, -0.2) is 19.1 Å². The number of ether oxygens (including phenoxy) is 1. The third kappa shape index (κ3) is 3.30. The topological polar surface area (TPSA) is 34.1 Å². The van der Waals surface area contributed by atoms with E-state index in [4.69, 9.17) is 4.74 Å². The van der Waals surface area contributed by atoms with Gasteiger partial charge in [-0.3, -0.25) is 4.98 Å². The van der Waals surface area contributed by atoms with E-state index < -0.39 is 5.82 Å². The maximum absolute atomic E-state index is 13.7. The van der Waals surface area contributed by atoms with Crippen molar-refractivity contribution in [3.63, 3.8) is 0 Å². The first-order chi connectivity index (χ1) is 9.63. The highest BCUT2D eigenvalue weighted by molar-refractivity contribution is 5.30. The Bertz CT molecular complexity index is 590. The molecule has 3 nitrogen and oxygen atoms in total. The maximum Gasteiger partial charge on any atom is 0.165 e. The first kappa shape index (κ1) is 14.4. The van der Waals surface area contributed by atoms with Gasteiger partial charge in [0.05, 0.1) is 13.3 Å². The fourth-order valence-electron chi connectivity index (χ4n) is 2.08. The molecule has 0 saturated heterocycles. The van der Waals surface area contributed by atoms with Gasteiger partial charge in [0.15, 0.2) is 11.6 Å². The molecule has 106 valence electrons. The predicted octanol–water partition coefficient (Wildman–Crippen LogP) is 2.87. The minimum absolute atomic E-state index is 0.133. The summed E-state index contributed by atoms with van der Waals surface area (Å²) in [5.74, 6) is -0.580. The van der Waals surface area contributed by atoms with Crippen LogP contribution in [0.3, 0.4) is 0 Å². The van der Waals surface area contributed by atoms with E-state index in [0.29, 0.717) is 6.42 Å². The largest absolute Gasteiger partial charge is 0.494 e. The molecule has 1 atom stereocenters. The minimum Gasteiger partial charge on any atom is -0.494 e. The molecule has 1 aromatic heterocycles. The van der Waals surface area contributed by atoms with Crippen molar-refractivity contribution in [3.05, 3.63) is 59.4 Å². The molecule has 1 heterocycles. The molecule has 1 aromatic carbocycles. The summed E-state index contributed by atoms with van der Waals surface area (Å²) in [5.41, 5.74) is 1.52. The highest BCUT2D eigenvalue weighted by atomic mass is 19.1. The van der Waals surface area contributed by atoms with E-state index in [1.165, 1.54) is 19.2 Å². The van der Waals surface area contributed by atoms with Gasteiger partial charge in [-0.2, -0.15) is 0 Å². The van der Waals surface area contributed by atoms with Crippen LogP contribution in [0.5, 0.6) is 5.75 Å². The second-order valence-electron chi connectivity index (χ2n) is 4.45. The molecule has 0 bridgehead atoms. The molecular weight excluding hydrogens is 262 g/mol. The molecule has 0 amide bonds. The Hall–Kier alpha value is -2.01. The van der Waals surface area contributed by atoms with Gasteiger partial charge in [-0.05, 0) is 42.8 Å². The molecule has 0 aliphatic carbocycles. The Morgan fingerprint density at radius 3 is 2.65 bits per heavy atom. The van der Waals surface area contributed by atoms with Crippen molar-refractivity contribution >= 4 is 0 Å². The Balaban J connectivity index is 2.20. The molecule has 0 spiro atoms. The van der Waals surface area contributed by atoms with Gasteiger partial charge >= 0.3 is 0 Å². The van der Waals surface area contributed by atoms with Crippen LogP contribution in [0.1, 0.15) is 17.2 Å². The summed E-state index contributed by atoms with van der Waals surface area (Å²) in [5, 5.41) is 3.08. The maximum atomic E-state index is 13.7. The van der Waals surface area contributed by atoms with Gasteiger partial charge in [-0.1, -0.05) is 6.07 Å². The average molecular weight is 278 g/mol. The quantitative estimate of drug-likeness (QED) is 0.913. The van der Waals surface area contributed by atoms with Crippen molar-refractivity contribution in [2.45, 2.75) is 12.5 Å². The highest BCUT2D eigenvalue weighted by Gasteiger charge is 2.13. The number of nitrogens with one attached hydrogen (secondary N) is 1. The predicted molar refractivity (Wildman–Crippen MR) is 72.7 cm³/mol. The van der Waals surface area contributed by atoms with Crippen molar-refractivity contribution in [2.24, 2.45) is 0 Å². The summed E-state index contributed by atoms with van der Waals surface area (Å²) >= 11 is 0. The van der Waals surface area contributed by atoms with Crippen molar-refractivity contribution < 1.29 is 13.5 Å². The highest BCUT2D eigenvalue weighted by Crippen LogP contribution is 2.22. The number of pyridine rings is 1. The van der Waals surface area contributed by atoms with Crippen LogP contribution in [0.15, 0.2) is 36.7 Å². The lowest BCUT2D eigenvalue weighted by Crippen LogP contribution is -2.19. The summed E-state index contributed by atoms with van der Waals surface area (Å²) in [6.45, 7) is 0. The zero-order valence-corrected chi connectivity index (χ0v) is 11.4. The van der Waals surface area contributed by atoms with Gasteiger partial charge < -0.3 is 10.1 Å². The van der Waals surface area contributed by atoms with Crippen LogP contribution in [0.25, 0.3) is 0 Å². The number of benzene rings is 1. The van der Waals surface area contributed by atoms with Crippen molar-refractivity contribution in [2.75, 3.05) is 14.2 Å². The van der Waals surface area contributed by atoms with Gasteiger partial charge in [0.2, 0.25) is 0 Å². The third-order valence-electron chi connectivity index (χ3n) is 3.13. The number of likely N-dealkylation sites (N-methyl/N-ethyl adjacent to an activating group) is 1. The fraction of sp³-hybridized carbons (Fsp3) is 0.267. The van der Waals surface area contributed by atoms with E-state index >= 15 is 0 Å². The molecule has 0 radical (unpaired) electrons. The number of rotatable bonds is 5. The third-order valence-corrected chi connectivity index (χ3v) is 3.13. The molecule has 5 heteroatoms. The summed E-state index contributed by atoms with van der Waals surface area (Å²) in [7, 11) is 3.20. The van der Waals surface area contributed by atoms with Crippen LogP contribution in [0.4, 0.5) is 8.78 Å². The summed E-state index contributed by atoms with van der Waals surface area (Å²) in [4.78, 5) is 3.83. The van der Waals surface area contributed by atoms with Crippen LogP contribution < -0.4 is 10.1 Å². The second kappa shape index (κ2) is 6.43. The second-order valence-corrected chi connectivity index (χ2v) is 4.45. The fourth-order valence-corrected chi connectivity index (χ4v) is 2.08. The van der Waals surface area contributed by atoms with E-state index in [9.17, 15) is 8.78 Å². The SMILES string of the molecule is CNC(Cc1ccc(OC)c(F)c1)c1cncc(F)c1. The molecule has 2 aromatic rings. The zero-order chi connectivity index (χ0) is 14.5. The van der Waals surface area contributed by atoms with E-state index in [1.807, 2.05) is 0 Å². The van der Waals surface area contributed by atoms with E-state index in [-0.39, 0.29) is 17.6 Å². The van der Waals surface area contributed by atoms with Crippen LogP contribution in [0.2, 0.25) is 0 Å². The van der Waals surface area contributed by atoms with Gasteiger partial charge in [0.1, 0.15) is 5.82 Å². The first-order valence-corrected chi connectivity index (χ1v) is 6.24. The van der Waals surface area contributed by atoms with E-state index in [2.05, 4.69) is 10.3 Å². The first-order valence-electron chi connectivity index (χ1n) is 6.24. The zero-order valence-electron chi connectivity index (χ0n) is 11.4. The Morgan fingerprint density at radius 2 is 2.05 bits per heavy atom. The van der Waals surface area contributed by atoms with Crippen LogP contribution in [0, 0.1) is 11.6 Å². The van der Waals surface area contributed by atoms with Gasteiger partial charge in [0.25, 0.3) is 0 Å². The van der Waals surface area contributed by atoms with E-state index in [0.717, 1.165) is 17.3 Å². The number of nitrogens with zero attached hydrogens (tertiary/aromatic N) is 1. The standard InChI is InChI=1S/C15H16F2N2O/c1-18-14(11-7-12(16)9-19-8-11)6-10-3-4-15(20-2)13(17)5-10/h3-5,7-9,14,18H,6H2,1-2H3. The lowest BCUT2D eigenvalue weighted by atomic mass is 10.00. The van der Waals surface area contributed by atoms with Crippen LogP contribution >= 0.6 is 0 Å². The summed E-state index contributed by atoms with van der Waals surface area (Å²) in [6.07, 6.45) is 3.29. The number of halogens is 2. The molecule has 0 aliphatic heterocycles. The molecule has 0 aliphatic rings. The van der Waals surface area contributed by atoms with Gasteiger partial charge in [-0.15, -0.1) is 0 Å². The molecule has 0 saturated carbocycles. The average Bonchev–Trinajstić information content (AvgIpc) is 2.45. The number of aromatic nitrogens is 1. The molecule has 20 heavy (non-hydrogen) atoms. The summed E-state index contributed by atoms with van der Waals surface area (Å²) < 4.78 is 31.7. The molecule has 1 N–H and O–H groups in total. The number of hydrogen-bond donors (Lipinski definition) is 1. The van der Waals surface area contributed by atoms with Gasteiger partial charge in [0, 0.05) is 12.2 Å². The number of hydrogen-bond acceptors (Lipinski definition) is 3. The molecular formula is C15H16F2N2O. The van der Waals surface area contributed by atoms with Crippen LogP contribution in [-0.2, 0) is 6.42 Å². The molecule has 1 unspecified atom stereocenters. The smallest absolute Gasteiger partial charge is 0.165 e. The van der Waals surface area contributed by atoms with E-state index in [1.54, 1.807) is 25.4 Å². The van der Waals surface area contributed by atoms with Gasteiger partial charge in [-0.25, -0.2) is 8.78 Å². The Morgan fingerprint density at radius 1 is 1.25 bits per heavy atom. The monoisotopic (exact) mass is 278 g/mol. The van der Waals surface area contributed by atoms with Crippen molar-refractivity contribution in [3.8, 4) is 5.75 Å². The summed E-state index contributed by atoms with van der Waals surface area (Å²) in [6, 6.07) is 6.09. The lowest BCUT2D eigenvalue weighted by Gasteiger charge is -2.16. The Kier molecular flexibility index (Phi) is 4.63. The molecule has 2 rings (SSSR count). The molecule has 0 fully saturated rings. The lowest BCUT2D eigenvalue weighted by molar-refractivity contribution is 0.386. The Labute approximate surface area is 116 Å². The normalized spacial score (nSPS) is 12.2. The minimum atomic E-state index is -0.405. The van der Waals surface area contributed by atoms with Crippen molar-refractivity contribution in [1.82, 2.24) is 10.3 Å². The van der Waals surface area contributed by atoms with Crippen molar-refractivity contribution in [1.29, 1.82) is 0 Å².